The van der Waals surface area contributed by atoms with Gasteiger partial charge < -0.3 is 5.32 Å². The van der Waals surface area contributed by atoms with Crippen molar-refractivity contribution in [1.29, 1.82) is 0 Å². The average molecular weight is 232 g/mol. The third kappa shape index (κ3) is 4.21. The van der Waals surface area contributed by atoms with Gasteiger partial charge in [-0.25, -0.2) is 0 Å². The fourth-order valence-corrected chi connectivity index (χ4v) is 2.62. The standard InChI is InChI=1S/C11H24N2OS/c1-5-10-8-12-11(2,3)9-13(10)6-7-15(4)14/h10,12H,5-9H2,1-4H3. The van der Waals surface area contributed by atoms with Crippen LogP contribution in [0, 0.1) is 0 Å². The zero-order chi connectivity index (χ0) is 11.5. The monoisotopic (exact) mass is 232 g/mol. The molecule has 4 heteroatoms. The molecule has 0 radical (unpaired) electrons. The van der Waals surface area contributed by atoms with Crippen LogP contribution in [-0.2, 0) is 10.8 Å². The SMILES string of the molecule is CCC1CNC(C)(C)CN1CCS(C)=O. The normalized spacial score (nSPS) is 28.9. The van der Waals surface area contributed by atoms with E-state index in [1.165, 1.54) is 6.42 Å². The number of piperazine rings is 1. The van der Waals surface area contributed by atoms with Gasteiger partial charge in [-0.3, -0.25) is 9.11 Å². The van der Waals surface area contributed by atoms with Crippen molar-refractivity contribution >= 4 is 10.8 Å². The molecule has 2 atom stereocenters. The predicted octanol–water partition coefficient (Wildman–Crippen LogP) is 0.827. The summed E-state index contributed by atoms with van der Waals surface area (Å²) in [5, 5.41) is 3.56. The van der Waals surface area contributed by atoms with Gasteiger partial charge in [0.15, 0.2) is 0 Å². The lowest BCUT2D eigenvalue weighted by Gasteiger charge is -2.44. The van der Waals surface area contributed by atoms with Crippen molar-refractivity contribution in [2.75, 3.05) is 31.6 Å². The van der Waals surface area contributed by atoms with E-state index in [9.17, 15) is 4.21 Å². The summed E-state index contributed by atoms with van der Waals surface area (Å²) in [7, 11) is -0.671. The van der Waals surface area contributed by atoms with Crippen LogP contribution >= 0.6 is 0 Å². The Morgan fingerprint density at radius 3 is 2.73 bits per heavy atom. The molecule has 0 amide bonds. The van der Waals surface area contributed by atoms with Gasteiger partial charge in [-0.05, 0) is 20.3 Å². The third-order valence-corrected chi connectivity index (χ3v) is 3.83. The fraction of sp³-hybridized carbons (Fsp3) is 1.00. The van der Waals surface area contributed by atoms with Crippen molar-refractivity contribution in [2.24, 2.45) is 0 Å². The predicted molar refractivity (Wildman–Crippen MR) is 66.7 cm³/mol. The van der Waals surface area contributed by atoms with E-state index in [-0.39, 0.29) is 5.54 Å². The molecular weight excluding hydrogens is 208 g/mol. The molecule has 0 aliphatic carbocycles. The Kier molecular flexibility index (Phi) is 4.74. The van der Waals surface area contributed by atoms with Gasteiger partial charge in [-0.2, -0.15) is 0 Å². The molecule has 1 N–H and O–H groups in total. The van der Waals surface area contributed by atoms with Gasteiger partial charge in [0, 0.05) is 54.0 Å². The second-order valence-electron chi connectivity index (χ2n) is 5.07. The number of hydrogen-bond acceptors (Lipinski definition) is 3. The van der Waals surface area contributed by atoms with E-state index in [1.807, 2.05) is 0 Å². The Morgan fingerprint density at radius 2 is 2.20 bits per heavy atom. The summed E-state index contributed by atoms with van der Waals surface area (Å²) in [6, 6.07) is 0.613. The second kappa shape index (κ2) is 5.41. The molecule has 1 saturated heterocycles. The zero-order valence-electron chi connectivity index (χ0n) is 10.4. The number of nitrogens with one attached hydrogen (secondary N) is 1. The Labute approximate surface area is 96.1 Å². The molecule has 0 saturated carbocycles. The molecule has 15 heavy (non-hydrogen) atoms. The van der Waals surface area contributed by atoms with Gasteiger partial charge in [0.05, 0.1) is 0 Å². The molecule has 1 aliphatic rings. The van der Waals surface area contributed by atoms with E-state index in [4.69, 9.17) is 0 Å². The van der Waals surface area contributed by atoms with Gasteiger partial charge in [-0.1, -0.05) is 6.92 Å². The number of rotatable bonds is 4. The molecule has 0 spiro atoms. The first kappa shape index (κ1) is 13.1. The van der Waals surface area contributed by atoms with Crippen molar-refractivity contribution in [3.05, 3.63) is 0 Å². The van der Waals surface area contributed by atoms with Crippen molar-refractivity contribution in [2.45, 2.75) is 38.8 Å². The second-order valence-corrected chi connectivity index (χ2v) is 6.63. The van der Waals surface area contributed by atoms with Crippen LogP contribution in [-0.4, -0.2) is 52.3 Å². The summed E-state index contributed by atoms with van der Waals surface area (Å²) in [6.07, 6.45) is 2.95. The van der Waals surface area contributed by atoms with E-state index >= 15 is 0 Å². The number of hydrogen-bond donors (Lipinski definition) is 1. The zero-order valence-corrected chi connectivity index (χ0v) is 11.2. The molecule has 0 bridgehead atoms. The van der Waals surface area contributed by atoms with Crippen LogP contribution in [0.5, 0.6) is 0 Å². The average Bonchev–Trinajstić information content (AvgIpc) is 2.13. The van der Waals surface area contributed by atoms with Crippen LogP contribution in [0.2, 0.25) is 0 Å². The van der Waals surface area contributed by atoms with Crippen molar-refractivity contribution < 1.29 is 4.21 Å². The molecule has 0 aromatic heterocycles. The molecule has 0 aromatic carbocycles. The highest BCUT2D eigenvalue weighted by Gasteiger charge is 2.31. The maximum atomic E-state index is 11.1. The lowest BCUT2D eigenvalue weighted by Crippen LogP contribution is -2.61. The maximum Gasteiger partial charge on any atom is 0.0359 e. The summed E-state index contributed by atoms with van der Waals surface area (Å²) >= 11 is 0. The Morgan fingerprint density at radius 1 is 1.53 bits per heavy atom. The summed E-state index contributed by atoms with van der Waals surface area (Å²) in [4.78, 5) is 2.48. The summed E-state index contributed by atoms with van der Waals surface area (Å²) in [6.45, 7) is 9.76. The molecule has 0 aromatic rings. The van der Waals surface area contributed by atoms with E-state index in [2.05, 4.69) is 31.0 Å². The molecule has 3 nitrogen and oxygen atoms in total. The molecule has 1 aliphatic heterocycles. The van der Waals surface area contributed by atoms with Gasteiger partial charge in [0.25, 0.3) is 0 Å². The summed E-state index contributed by atoms with van der Waals surface area (Å²) in [5.41, 5.74) is 0.195. The van der Waals surface area contributed by atoms with Gasteiger partial charge >= 0.3 is 0 Å². The van der Waals surface area contributed by atoms with Crippen LogP contribution < -0.4 is 5.32 Å². The Balaban J connectivity index is 2.51. The third-order valence-electron chi connectivity index (χ3n) is 3.07. The first-order chi connectivity index (χ1) is 6.94. The van der Waals surface area contributed by atoms with Crippen molar-refractivity contribution in [3.8, 4) is 0 Å². The first-order valence-corrected chi connectivity index (χ1v) is 7.46. The van der Waals surface area contributed by atoms with Crippen LogP contribution in [0.4, 0.5) is 0 Å². The van der Waals surface area contributed by atoms with Crippen LogP contribution in [0.1, 0.15) is 27.2 Å². The highest BCUT2D eigenvalue weighted by molar-refractivity contribution is 7.84. The van der Waals surface area contributed by atoms with Gasteiger partial charge in [0.2, 0.25) is 0 Å². The first-order valence-electron chi connectivity index (χ1n) is 5.73. The molecule has 1 rings (SSSR count). The fourth-order valence-electron chi connectivity index (χ4n) is 2.13. The van der Waals surface area contributed by atoms with E-state index < -0.39 is 10.8 Å². The van der Waals surface area contributed by atoms with Crippen molar-refractivity contribution in [1.82, 2.24) is 10.2 Å². The summed E-state index contributed by atoms with van der Waals surface area (Å²) < 4.78 is 11.1. The van der Waals surface area contributed by atoms with E-state index in [0.717, 1.165) is 25.4 Å². The highest BCUT2D eigenvalue weighted by Crippen LogP contribution is 2.16. The van der Waals surface area contributed by atoms with Gasteiger partial charge in [0.1, 0.15) is 0 Å². The maximum absolute atomic E-state index is 11.1. The number of nitrogens with zero attached hydrogens (tertiary/aromatic N) is 1. The minimum absolute atomic E-state index is 0.195. The lowest BCUT2D eigenvalue weighted by atomic mass is 9.98. The lowest BCUT2D eigenvalue weighted by molar-refractivity contribution is 0.0994. The van der Waals surface area contributed by atoms with Crippen LogP contribution in [0.15, 0.2) is 0 Å². The minimum Gasteiger partial charge on any atom is -0.309 e. The molecule has 1 heterocycles. The van der Waals surface area contributed by atoms with Crippen LogP contribution in [0.25, 0.3) is 0 Å². The van der Waals surface area contributed by atoms with Crippen molar-refractivity contribution in [3.63, 3.8) is 0 Å². The van der Waals surface area contributed by atoms with Gasteiger partial charge in [-0.15, -0.1) is 0 Å². The smallest absolute Gasteiger partial charge is 0.0359 e. The quantitative estimate of drug-likeness (QED) is 0.779. The highest BCUT2D eigenvalue weighted by atomic mass is 32.2. The van der Waals surface area contributed by atoms with E-state index in [0.29, 0.717) is 6.04 Å². The molecule has 2 unspecified atom stereocenters. The largest absolute Gasteiger partial charge is 0.309 e. The Hall–Kier alpha value is 0.0700. The molecule has 1 fully saturated rings. The topological polar surface area (TPSA) is 32.3 Å². The molecular formula is C11H24N2OS. The van der Waals surface area contributed by atoms with Crippen LogP contribution in [0.3, 0.4) is 0 Å². The molecule has 90 valence electrons. The minimum atomic E-state index is -0.671. The van der Waals surface area contributed by atoms with E-state index in [1.54, 1.807) is 6.26 Å². The summed E-state index contributed by atoms with van der Waals surface area (Å²) in [5.74, 6) is 0.798. The Bertz CT molecular complexity index is 231.